The summed E-state index contributed by atoms with van der Waals surface area (Å²) in [5, 5.41) is 3.51. The molecule has 1 aromatic rings. The van der Waals surface area contributed by atoms with Gasteiger partial charge in [0.25, 0.3) is 0 Å². The van der Waals surface area contributed by atoms with Crippen molar-refractivity contribution >= 4 is 9.84 Å². The Bertz CT molecular complexity index is 515. The molecule has 0 saturated carbocycles. The molecule has 4 heteroatoms. The molecule has 3 nitrogen and oxygen atoms in total. The van der Waals surface area contributed by atoms with Gasteiger partial charge in [0.1, 0.15) is 0 Å². The Hall–Kier alpha value is -0.870. The fourth-order valence-electron chi connectivity index (χ4n) is 2.14. The van der Waals surface area contributed by atoms with Crippen LogP contribution in [0.25, 0.3) is 0 Å². The molecule has 0 amide bonds. The van der Waals surface area contributed by atoms with Gasteiger partial charge in [-0.3, -0.25) is 0 Å². The van der Waals surface area contributed by atoms with Crippen LogP contribution in [0.4, 0.5) is 0 Å². The van der Waals surface area contributed by atoms with Crippen LogP contribution < -0.4 is 5.32 Å². The molecule has 1 atom stereocenters. The van der Waals surface area contributed by atoms with Crippen molar-refractivity contribution < 1.29 is 8.42 Å². The maximum absolute atomic E-state index is 11.7. The lowest BCUT2D eigenvalue weighted by Crippen LogP contribution is -2.32. The molecule has 1 rings (SSSR count). The van der Waals surface area contributed by atoms with E-state index >= 15 is 0 Å². The Labute approximate surface area is 117 Å². The molecule has 108 valence electrons. The first kappa shape index (κ1) is 16.2. The van der Waals surface area contributed by atoms with Gasteiger partial charge in [0, 0.05) is 12.3 Å². The van der Waals surface area contributed by atoms with Gasteiger partial charge < -0.3 is 5.32 Å². The van der Waals surface area contributed by atoms with Gasteiger partial charge in [-0.05, 0) is 36.1 Å². The van der Waals surface area contributed by atoms with Crippen molar-refractivity contribution in [3.8, 4) is 0 Å². The predicted octanol–water partition coefficient (Wildman–Crippen LogP) is 3.18. The van der Waals surface area contributed by atoms with Crippen LogP contribution in [0.5, 0.6) is 0 Å². The number of nitrogens with one attached hydrogen (secondary N) is 1. The highest BCUT2D eigenvalue weighted by Crippen LogP contribution is 2.33. The summed E-state index contributed by atoms with van der Waals surface area (Å²) < 4.78 is 23.3. The van der Waals surface area contributed by atoms with Gasteiger partial charge >= 0.3 is 0 Å². The van der Waals surface area contributed by atoms with Crippen LogP contribution in [0.2, 0.25) is 0 Å². The van der Waals surface area contributed by atoms with Crippen LogP contribution in [0.1, 0.15) is 45.7 Å². The van der Waals surface area contributed by atoms with Crippen molar-refractivity contribution in [2.75, 3.05) is 12.8 Å². The molecule has 0 radical (unpaired) electrons. The summed E-state index contributed by atoms with van der Waals surface area (Å²) in [5.41, 5.74) is 1.06. The Morgan fingerprint density at radius 1 is 1.26 bits per heavy atom. The third kappa shape index (κ3) is 4.62. The normalized spacial score (nSPS) is 14.4. The number of hydrogen-bond acceptors (Lipinski definition) is 3. The van der Waals surface area contributed by atoms with E-state index in [2.05, 4.69) is 33.0 Å². The van der Waals surface area contributed by atoms with E-state index in [1.54, 1.807) is 12.1 Å². The molecule has 0 heterocycles. The van der Waals surface area contributed by atoms with Gasteiger partial charge in [-0.1, -0.05) is 39.8 Å². The second-order valence-electron chi connectivity index (χ2n) is 6.10. The fourth-order valence-corrected chi connectivity index (χ4v) is 2.81. The second-order valence-corrected chi connectivity index (χ2v) is 8.11. The molecule has 0 saturated heterocycles. The number of hydrogen-bond donors (Lipinski definition) is 1. The number of benzene rings is 1. The molecule has 0 aliphatic carbocycles. The highest BCUT2D eigenvalue weighted by atomic mass is 32.2. The number of rotatable bonds is 5. The minimum Gasteiger partial charge on any atom is -0.309 e. The van der Waals surface area contributed by atoms with Gasteiger partial charge in [-0.15, -0.1) is 0 Å². The Kier molecular flexibility index (Phi) is 5.16. The van der Waals surface area contributed by atoms with Crippen molar-refractivity contribution in [3.63, 3.8) is 0 Å². The van der Waals surface area contributed by atoms with Crippen LogP contribution in [-0.2, 0) is 9.84 Å². The van der Waals surface area contributed by atoms with E-state index in [-0.39, 0.29) is 11.5 Å². The summed E-state index contributed by atoms with van der Waals surface area (Å²) in [7, 11) is -3.15. The van der Waals surface area contributed by atoms with Crippen LogP contribution in [0.15, 0.2) is 29.2 Å². The van der Waals surface area contributed by atoms with E-state index in [1.807, 2.05) is 12.1 Å². The van der Waals surface area contributed by atoms with Crippen molar-refractivity contribution in [1.82, 2.24) is 5.32 Å². The first-order valence-electron chi connectivity index (χ1n) is 6.69. The molecule has 1 unspecified atom stereocenters. The summed E-state index contributed by atoms with van der Waals surface area (Å²) in [5.74, 6) is 0. The summed E-state index contributed by atoms with van der Waals surface area (Å²) in [4.78, 5) is 0.387. The summed E-state index contributed by atoms with van der Waals surface area (Å²) in [6.45, 7) is 9.53. The van der Waals surface area contributed by atoms with E-state index in [0.717, 1.165) is 18.5 Å². The molecular weight excluding hydrogens is 258 g/mol. The second kappa shape index (κ2) is 6.06. The van der Waals surface area contributed by atoms with Crippen molar-refractivity contribution in [3.05, 3.63) is 29.8 Å². The lowest BCUT2D eigenvalue weighted by molar-refractivity contribution is 0.273. The third-order valence-corrected chi connectivity index (χ3v) is 4.19. The molecular formula is C15H25NO2S. The average molecular weight is 283 g/mol. The molecule has 0 bridgehead atoms. The maximum atomic E-state index is 11.7. The van der Waals surface area contributed by atoms with Crippen LogP contribution in [0.3, 0.4) is 0 Å². The van der Waals surface area contributed by atoms with Gasteiger partial charge in [-0.2, -0.15) is 0 Å². The maximum Gasteiger partial charge on any atom is 0.175 e. The highest BCUT2D eigenvalue weighted by molar-refractivity contribution is 7.90. The molecule has 1 aromatic carbocycles. The molecule has 0 aliphatic heterocycles. The topological polar surface area (TPSA) is 46.2 Å². The quantitative estimate of drug-likeness (QED) is 0.903. The SMILES string of the molecule is CCCNC(c1cccc(S(C)(=O)=O)c1)C(C)(C)C. The van der Waals surface area contributed by atoms with E-state index in [1.165, 1.54) is 6.26 Å². The first-order valence-corrected chi connectivity index (χ1v) is 8.59. The van der Waals surface area contributed by atoms with Gasteiger partial charge in [0.15, 0.2) is 9.84 Å². The van der Waals surface area contributed by atoms with Crippen molar-refractivity contribution in [1.29, 1.82) is 0 Å². The predicted molar refractivity (Wildman–Crippen MR) is 80.0 cm³/mol. The zero-order chi connectivity index (χ0) is 14.7. The minimum absolute atomic E-state index is 0.0330. The number of sulfone groups is 1. The van der Waals surface area contributed by atoms with Gasteiger partial charge in [0.05, 0.1) is 4.90 Å². The lowest BCUT2D eigenvalue weighted by Gasteiger charge is -2.32. The smallest absolute Gasteiger partial charge is 0.175 e. The highest BCUT2D eigenvalue weighted by Gasteiger charge is 2.26. The Morgan fingerprint density at radius 2 is 1.89 bits per heavy atom. The first-order chi connectivity index (χ1) is 8.66. The minimum atomic E-state index is -3.15. The van der Waals surface area contributed by atoms with Crippen molar-refractivity contribution in [2.45, 2.75) is 45.1 Å². The zero-order valence-electron chi connectivity index (χ0n) is 12.5. The average Bonchev–Trinajstić information content (AvgIpc) is 2.27. The third-order valence-electron chi connectivity index (χ3n) is 3.08. The zero-order valence-corrected chi connectivity index (χ0v) is 13.3. The molecule has 19 heavy (non-hydrogen) atoms. The van der Waals surface area contributed by atoms with Gasteiger partial charge in [-0.25, -0.2) is 8.42 Å². The molecule has 0 aromatic heterocycles. The fraction of sp³-hybridized carbons (Fsp3) is 0.600. The van der Waals surface area contributed by atoms with E-state index in [9.17, 15) is 8.42 Å². The lowest BCUT2D eigenvalue weighted by atomic mass is 9.82. The van der Waals surface area contributed by atoms with Crippen LogP contribution >= 0.6 is 0 Å². The van der Waals surface area contributed by atoms with Gasteiger partial charge in [0.2, 0.25) is 0 Å². The van der Waals surface area contributed by atoms with E-state index in [0.29, 0.717) is 4.90 Å². The van der Waals surface area contributed by atoms with Crippen molar-refractivity contribution in [2.24, 2.45) is 5.41 Å². The van der Waals surface area contributed by atoms with E-state index < -0.39 is 9.84 Å². The summed E-state index contributed by atoms with van der Waals surface area (Å²) >= 11 is 0. The summed E-state index contributed by atoms with van der Waals surface area (Å²) in [6.07, 6.45) is 2.30. The standard InChI is InChI=1S/C15H25NO2S/c1-6-10-16-14(15(2,3)4)12-8-7-9-13(11-12)19(5,17)18/h7-9,11,14,16H,6,10H2,1-5H3. The molecule has 0 fully saturated rings. The van der Waals surface area contributed by atoms with Crippen LogP contribution in [0, 0.1) is 5.41 Å². The molecule has 0 aliphatic rings. The van der Waals surface area contributed by atoms with E-state index in [4.69, 9.17) is 0 Å². The monoisotopic (exact) mass is 283 g/mol. The van der Waals surface area contributed by atoms with Crippen LogP contribution in [-0.4, -0.2) is 21.2 Å². The summed E-state index contributed by atoms with van der Waals surface area (Å²) in [6, 6.07) is 7.40. The Morgan fingerprint density at radius 3 is 2.37 bits per heavy atom. The largest absolute Gasteiger partial charge is 0.309 e. The molecule has 0 spiro atoms. The molecule has 1 N–H and O–H groups in total. The Balaban J connectivity index is 3.16.